The number of carbonyl (C=O) groups excluding carboxylic acids is 1. The van der Waals surface area contributed by atoms with Gasteiger partial charge in [-0.2, -0.15) is 8.42 Å². The van der Waals surface area contributed by atoms with Gasteiger partial charge in [-0.3, -0.25) is 9.35 Å². The Labute approximate surface area is 182 Å². The molecule has 0 spiro atoms. The predicted molar refractivity (Wildman–Crippen MR) is 110 cm³/mol. The maximum absolute atomic E-state index is 12.5. The maximum atomic E-state index is 12.5. The number of ketones is 1. The Morgan fingerprint density at radius 2 is 1.58 bits per heavy atom. The molecule has 0 unspecified atom stereocenters. The van der Waals surface area contributed by atoms with E-state index in [4.69, 9.17) is 14.7 Å². The van der Waals surface area contributed by atoms with Crippen molar-refractivity contribution < 1.29 is 41.9 Å². The Balaban J connectivity index is 1.91. The number of hydrogen-bond donors (Lipinski definition) is 2. The molecule has 0 aliphatic rings. The summed E-state index contributed by atoms with van der Waals surface area (Å²) in [4.78, 5) is 12.0. The standard InChI is InChI=1S/C20H16O9S2/c1-26-16-11-17(19(31(23,24)25)12-18(16)30-29-28-22)27-15-9-7-14(8-10-15)20(21)13-5-3-2-4-6-13/h2-12,22H,1H3,(H,23,24,25). The second-order valence-electron chi connectivity index (χ2n) is 5.97. The van der Waals surface area contributed by atoms with Crippen LogP contribution in [0.1, 0.15) is 15.9 Å². The van der Waals surface area contributed by atoms with Crippen molar-refractivity contribution in [1.82, 2.24) is 0 Å². The first-order valence-electron chi connectivity index (χ1n) is 8.55. The van der Waals surface area contributed by atoms with Crippen molar-refractivity contribution in [3.05, 3.63) is 77.9 Å². The number of ether oxygens (including phenoxy) is 2. The van der Waals surface area contributed by atoms with Gasteiger partial charge in [0, 0.05) is 17.2 Å². The largest absolute Gasteiger partial charge is 0.495 e. The van der Waals surface area contributed by atoms with E-state index in [2.05, 4.69) is 9.37 Å². The minimum atomic E-state index is -4.69. The Bertz CT molecular complexity index is 1160. The Morgan fingerprint density at radius 1 is 0.935 bits per heavy atom. The molecule has 0 heterocycles. The van der Waals surface area contributed by atoms with Crippen LogP contribution >= 0.6 is 12.0 Å². The van der Waals surface area contributed by atoms with Crippen LogP contribution in [0.5, 0.6) is 17.2 Å². The number of carbonyl (C=O) groups is 1. The summed E-state index contributed by atoms with van der Waals surface area (Å²) in [5.74, 6) is -0.0667. The van der Waals surface area contributed by atoms with E-state index in [1.165, 1.54) is 37.4 Å². The molecule has 0 saturated heterocycles. The summed E-state index contributed by atoms with van der Waals surface area (Å²) in [7, 11) is -3.37. The van der Waals surface area contributed by atoms with E-state index in [0.717, 1.165) is 6.07 Å². The van der Waals surface area contributed by atoms with Gasteiger partial charge in [0.15, 0.2) is 11.5 Å². The fraction of sp³-hybridized carbons (Fsp3) is 0.0500. The van der Waals surface area contributed by atoms with Crippen molar-refractivity contribution >= 4 is 27.9 Å². The van der Waals surface area contributed by atoms with E-state index in [0.29, 0.717) is 23.2 Å². The van der Waals surface area contributed by atoms with Gasteiger partial charge in [0.1, 0.15) is 16.4 Å². The van der Waals surface area contributed by atoms with Gasteiger partial charge in [-0.25, -0.2) is 5.26 Å². The first kappa shape index (κ1) is 22.7. The summed E-state index contributed by atoms with van der Waals surface area (Å²) in [5, 5.41) is 11.8. The van der Waals surface area contributed by atoms with Crippen molar-refractivity contribution in [2.45, 2.75) is 9.79 Å². The van der Waals surface area contributed by atoms with E-state index in [9.17, 15) is 17.8 Å². The second kappa shape index (κ2) is 9.92. The highest BCUT2D eigenvalue weighted by molar-refractivity contribution is 7.94. The number of hydrogen-bond acceptors (Lipinski definition) is 9. The topological polar surface area (TPSA) is 129 Å². The average Bonchev–Trinajstić information content (AvgIpc) is 2.77. The molecule has 31 heavy (non-hydrogen) atoms. The molecule has 0 bridgehead atoms. The molecule has 0 aliphatic carbocycles. The Morgan fingerprint density at radius 3 is 2.16 bits per heavy atom. The molecule has 0 aromatic heterocycles. The average molecular weight is 464 g/mol. The third-order valence-electron chi connectivity index (χ3n) is 4.04. The van der Waals surface area contributed by atoms with Crippen molar-refractivity contribution in [3.8, 4) is 17.2 Å². The lowest BCUT2D eigenvalue weighted by atomic mass is 10.0. The number of benzene rings is 3. The summed E-state index contributed by atoms with van der Waals surface area (Å²) < 4.78 is 48.3. The van der Waals surface area contributed by atoms with Gasteiger partial charge in [0.05, 0.1) is 24.0 Å². The molecular weight excluding hydrogens is 448 g/mol. The normalized spacial score (nSPS) is 11.2. The van der Waals surface area contributed by atoms with E-state index in [1.807, 2.05) is 6.07 Å². The van der Waals surface area contributed by atoms with E-state index in [-0.39, 0.29) is 27.9 Å². The molecular formula is C20H16O9S2. The highest BCUT2D eigenvalue weighted by Gasteiger charge is 2.22. The Kier molecular flexibility index (Phi) is 7.28. The predicted octanol–water partition coefficient (Wildman–Crippen LogP) is 4.39. The van der Waals surface area contributed by atoms with Crippen LogP contribution < -0.4 is 9.47 Å². The summed E-state index contributed by atoms with van der Waals surface area (Å²) in [6, 6.07) is 17.0. The SMILES string of the molecule is COc1cc(Oc2ccc(C(=O)c3ccccc3)cc2)c(S(=O)(=O)O)cc1SOOO. The third kappa shape index (κ3) is 5.61. The smallest absolute Gasteiger partial charge is 0.298 e. The van der Waals surface area contributed by atoms with Crippen LogP contribution in [-0.4, -0.2) is 31.1 Å². The molecule has 0 radical (unpaired) electrons. The quantitative estimate of drug-likeness (QED) is 0.155. The lowest BCUT2D eigenvalue weighted by Crippen LogP contribution is -2.03. The minimum Gasteiger partial charge on any atom is -0.495 e. The minimum absolute atomic E-state index is 0.0836. The summed E-state index contributed by atoms with van der Waals surface area (Å²) >= 11 is 0.454. The van der Waals surface area contributed by atoms with Crippen molar-refractivity contribution in [2.75, 3.05) is 7.11 Å². The molecule has 9 nitrogen and oxygen atoms in total. The molecule has 0 saturated carbocycles. The highest BCUT2D eigenvalue weighted by atomic mass is 32.2. The highest BCUT2D eigenvalue weighted by Crippen LogP contribution is 2.39. The van der Waals surface area contributed by atoms with Crippen LogP contribution in [0.3, 0.4) is 0 Å². The number of methoxy groups -OCH3 is 1. The fourth-order valence-corrected chi connectivity index (χ4v) is 3.83. The summed E-state index contributed by atoms with van der Waals surface area (Å²) in [5.41, 5.74) is 0.941. The Hall–Kier alpha value is -2.93. The molecule has 0 aliphatic heterocycles. The van der Waals surface area contributed by atoms with Gasteiger partial charge < -0.3 is 9.47 Å². The zero-order valence-corrected chi connectivity index (χ0v) is 17.6. The first-order chi connectivity index (χ1) is 14.8. The zero-order valence-electron chi connectivity index (χ0n) is 15.9. The lowest BCUT2D eigenvalue weighted by molar-refractivity contribution is -0.432. The van der Waals surface area contributed by atoms with E-state index >= 15 is 0 Å². The van der Waals surface area contributed by atoms with Gasteiger partial charge in [-0.1, -0.05) is 35.4 Å². The molecule has 162 valence electrons. The molecule has 0 fully saturated rings. The van der Waals surface area contributed by atoms with Crippen LogP contribution in [0.25, 0.3) is 0 Å². The third-order valence-corrected chi connectivity index (χ3v) is 5.54. The van der Waals surface area contributed by atoms with Crippen LogP contribution in [0.4, 0.5) is 0 Å². The molecule has 0 atom stereocenters. The van der Waals surface area contributed by atoms with Gasteiger partial charge in [0.2, 0.25) is 0 Å². The monoisotopic (exact) mass is 464 g/mol. The summed E-state index contributed by atoms with van der Waals surface area (Å²) in [6.45, 7) is 0. The molecule has 3 aromatic carbocycles. The molecule has 11 heteroatoms. The van der Waals surface area contributed by atoms with Gasteiger partial charge in [0.25, 0.3) is 10.1 Å². The molecule has 3 rings (SSSR count). The zero-order chi connectivity index (χ0) is 22.4. The van der Waals surface area contributed by atoms with Gasteiger partial charge >= 0.3 is 0 Å². The van der Waals surface area contributed by atoms with E-state index < -0.39 is 15.0 Å². The maximum Gasteiger partial charge on any atom is 0.298 e. The molecule has 0 amide bonds. The first-order valence-corrected chi connectivity index (χ1v) is 10.7. The van der Waals surface area contributed by atoms with E-state index in [1.54, 1.807) is 24.3 Å². The van der Waals surface area contributed by atoms with Crippen molar-refractivity contribution in [1.29, 1.82) is 0 Å². The van der Waals surface area contributed by atoms with Gasteiger partial charge in [-0.05, 0) is 30.3 Å². The number of rotatable bonds is 9. The fourth-order valence-electron chi connectivity index (χ4n) is 2.64. The van der Waals surface area contributed by atoms with Crippen LogP contribution in [0.15, 0.2) is 76.5 Å². The van der Waals surface area contributed by atoms with Crippen molar-refractivity contribution in [2.24, 2.45) is 0 Å². The summed E-state index contributed by atoms with van der Waals surface area (Å²) in [6.07, 6.45) is 0. The molecule has 2 N–H and O–H groups in total. The van der Waals surface area contributed by atoms with Gasteiger partial charge in [-0.15, -0.1) is 4.33 Å². The second-order valence-corrected chi connectivity index (χ2v) is 8.10. The molecule has 3 aromatic rings. The van der Waals surface area contributed by atoms with Crippen LogP contribution in [0.2, 0.25) is 0 Å². The van der Waals surface area contributed by atoms with Crippen molar-refractivity contribution in [3.63, 3.8) is 0 Å². The lowest BCUT2D eigenvalue weighted by Gasteiger charge is -2.14. The van der Waals surface area contributed by atoms with Crippen LogP contribution in [0, 0.1) is 0 Å². The van der Waals surface area contributed by atoms with Crippen LogP contribution in [-0.2, 0) is 19.5 Å².